The smallest absolute Gasteiger partial charge is 0 e. The van der Waals surface area contributed by atoms with E-state index in [1.165, 1.54) is 22.3 Å². The number of hydrogen-bond acceptors (Lipinski definition) is 7. The van der Waals surface area contributed by atoms with Crippen molar-refractivity contribution < 1.29 is 59.4 Å². The zero-order valence-corrected chi connectivity index (χ0v) is 60.8. The van der Waals surface area contributed by atoms with E-state index in [2.05, 4.69) is 268 Å². The van der Waals surface area contributed by atoms with Gasteiger partial charge in [-0.15, -0.1) is 0 Å². The minimum absolute atomic E-state index is 0. The monoisotopic (exact) mass is 1310 g/mol. The fourth-order valence-corrected chi connectivity index (χ4v) is 13.4. The van der Waals surface area contributed by atoms with Crippen LogP contribution in [0, 0.1) is 27.1 Å². The molecule has 12 heteroatoms. The van der Waals surface area contributed by atoms with Crippen LogP contribution in [0.1, 0.15) is 247 Å². The molecule has 1 aliphatic rings. The molecule has 0 saturated carbocycles. The van der Waals surface area contributed by atoms with Crippen molar-refractivity contribution in [1.29, 1.82) is 0 Å². The fourth-order valence-electron chi connectivity index (χ4n) is 11.2. The minimum atomic E-state index is -2.15. The Morgan fingerprint density at radius 3 is 0.759 bits per heavy atom. The molecule has 0 bridgehead atoms. The average molecular weight is 1310 g/mol. The van der Waals surface area contributed by atoms with E-state index in [0.717, 1.165) is 88.4 Å². The van der Waals surface area contributed by atoms with Crippen LogP contribution < -0.4 is 13.8 Å². The summed E-state index contributed by atoms with van der Waals surface area (Å²) < 4.78 is 66.5. The Bertz CT molecular complexity index is 3620. The maximum Gasteiger partial charge on any atom is 0 e. The van der Waals surface area contributed by atoms with Crippen molar-refractivity contribution in [3.63, 3.8) is 0 Å². The first kappa shape index (κ1) is 70.7. The Labute approximate surface area is 534 Å². The molecule has 87 heavy (non-hydrogen) atoms. The Kier molecular flexibility index (Phi) is 19.6. The van der Waals surface area contributed by atoms with Crippen LogP contribution in [0.3, 0.4) is 0 Å². The Morgan fingerprint density at radius 1 is 0.345 bits per heavy atom. The van der Waals surface area contributed by atoms with Crippen LogP contribution >= 0.6 is 16.5 Å². The molecule has 469 valence electrons. The molecule has 0 fully saturated rings. The standard InChI is InChI=1S/C73H96O7P2.2CO.Rh/c1-41-29-55-63(57(31-41)75-81-77-59-47(33-43(65(3,4)5)37-51(59)69(15,16)17)48-34-44(66(6,7)8)38-52(60(48)78-81)70(18,19)20)74-64-56(73(55,27)28)30-42(2)32-58(64)76-82-79-61-49(35-45(67(9,10)11)39-53(61)71(21,22)23)50-36-46(68(12,13)14)40-54(62(50)80-82)72(24,25)26;2*1-2;/h29-40H,1-28H3;;;. The SMILES string of the molecule is Cc1cc(Op2oc3c(C(C)(C)C)cc(C(C)(C)C)cc3c3cc(C(C)(C)C)cc(C(C)(C)C)c3o2)c2c(c1)C(C)(C)c1cc(C)cc(Op3oc4c(C(C)(C)C)cc(C(C)(C)C)cc4c4cc(C(C)(C)C)cc(C(C)(C)C)c4o3)c1O2.[C-]#[O+].[C-]#[O+].[Rh]. The van der Waals surface area contributed by atoms with Crippen molar-refractivity contribution in [2.24, 2.45) is 0 Å². The zero-order chi connectivity index (χ0) is 64.9. The minimum Gasteiger partial charge on any atom is 0 e. The maximum absolute atomic E-state index is 7.50. The molecule has 0 unspecified atom stereocenters. The van der Waals surface area contributed by atoms with Gasteiger partial charge in [0.05, 0.1) is 0 Å². The van der Waals surface area contributed by atoms with Crippen molar-refractivity contribution in [2.75, 3.05) is 0 Å². The number of rotatable bonds is 4. The zero-order valence-electron chi connectivity index (χ0n) is 57.3. The number of fused-ring (bicyclic) bond motifs is 8. The largest absolute Gasteiger partial charge is 0 e. The molecule has 9 nitrogen and oxygen atoms in total. The molecule has 0 spiro atoms. The molecule has 0 saturated heterocycles. The fraction of sp³-hybridized carbons (Fsp3) is 0.493. The molecular weight excluding hydrogens is 1210 g/mol. The van der Waals surface area contributed by atoms with Gasteiger partial charge in [-0.2, -0.15) is 0 Å². The van der Waals surface area contributed by atoms with E-state index in [0.29, 0.717) is 23.0 Å². The topological polar surface area (TPSA) is 120 Å². The van der Waals surface area contributed by atoms with Gasteiger partial charge >= 0.3 is 39.1 Å². The first-order valence-electron chi connectivity index (χ1n) is 30.1. The summed E-state index contributed by atoms with van der Waals surface area (Å²) in [7, 11) is -4.30. The van der Waals surface area contributed by atoms with Crippen LogP contribution in [0.5, 0.6) is 23.0 Å². The predicted octanol–water partition coefficient (Wildman–Crippen LogP) is 23.9. The third-order valence-corrected chi connectivity index (χ3v) is 18.6. The second-order valence-electron chi connectivity index (χ2n) is 32.6. The number of benzene rings is 6. The second kappa shape index (κ2) is 24.1. The van der Waals surface area contributed by atoms with Gasteiger partial charge in [0.15, 0.2) is 23.0 Å². The number of hydrogen-bond donors (Lipinski definition) is 0. The summed E-state index contributed by atoms with van der Waals surface area (Å²) in [4.78, 5) is 0. The van der Waals surface area contributed by atoms with Crippen LogP contribution in [-0.2, 0) is 77.5 Å². The molecule has 0 atom stereocenters. The third kappa shape index (κ3) is 14.3. The Hall–Kier alpha value is -5.38. The molecule has 0 amide bonds. The first-order chi connectivity index (χ1) is 39.2. The normalized spacial score (nSPS) is 13.7. The van der Waals surface area contributed by atoms with E-state index >= 15 is 0 Å². The van der Waals surface area contributed by atoms with E-state index in [4.69, 9.17) is 39.9 Å². The Morgan fingerprint density at radius 2 is 0.563 bits per heavy atom. The van der Waals surface area contributed by atoms with E-state index in [1.807, 2.05) is 12.1 Å². The van der Waals surface area contributed by atoms with Gasteiger partial charge in [0, 0.05) is 79.8 Å². The van der Waals surface area contributed by atoms with Crippen LogP contribution in [0.2, 0.25) is 0 Å². The first-order valence-corrected chi connectivity index (χ1v) is 32.3. The van der Waals surface area contributed by atoms with Gasteiger partial charge in [0.25, 0.3) is 0 Å². The van der Waals surface area contributed by atoms with E-state index < -0.39 is 21.9 Å². The molecule has 9 rings (SSSR count). The summed E-state index contributed by atoms with van der Waals surface area (Å²) in [6.45, 7) is 72.2. The van der Waals surface area contributed by atoms with Crippen molar-refractivity contribution in [3.05, 3.63) is 153 Å². The van der Waals surface area contributed by atoms with Gasteiger partial charge < -0.3 is 30.6 Å². The van der Waals surface area contributed by atoms with Gasteiger partial charge in [-0.05, 0) is 127 Å². The number of ether oxygens (including phenoxy) is 1. The molecule has 0 N–H and O–H groups in total. The van der Waals surface area contributed by atoms with Gasteiger partial charge in [-0.1, -0.05) is 216 Å². The quantitative estimate of drug-likeness (QED) is 0.0978. The predicted molar refractivity (Wildman–Crippen MR) is 357 cm³/mol. The maximum atomic E-state index is 7.50. The summed E-state index contributed by atoms with van der Waals surface area (Å²) in [5, 5.41) is 4.04. The van der Waals surface area contributed by atoms with Gasteiger partial charge in [0.2, 0.25) is 0 Å². The second-order valence-corrected chi connectivity index (χ2v) is 34.6. The molecule has 2 aromatic heterocycles. The van der Waals surface area contributed by atoms with Crippen LogP contribution in [0.15, 0.2) is 89.6 Å². The summed E-state index contributed by atoms with van der Waals surface area (Å²) in [6, 6.07) is 27.1. The molecular formula is C75H96O9P2Rh. The number of aryl methyl sites for hydroxylation is 2. The van der Waals surface area contributed by atoms with Crippen molar-refractivity contribution >= 4 is 60.4 Å². The van der Waals surface area contributed by atoms with Crippen molar-refractivity contribution in [1.82, 2.24) is 0 Å². The van der Waals surface area contributed by atoms with Gasteiger partial charge in [-0.25, -0.2) is 0 Å². The van der Waals surface area contributed by atoms with Crippen LogP contribution in [0.4, 0.5) is 0 Å². The summed E-state index contributed by atoms with van der Waals surface area (Å²) >= 11 is 0. The van der Waals surface area contributed by atoms with Crippen LogP contribution in [0.25, 0.3) is 43.9 Å². The van der Waals surface area contributed by atoms with Gasteiger partial charge in [0.1, 0.15) is 22.3 Å². The summed E-state index contributed by atoms with van der Waals surface area (Å²) in [5.74, 6) is 2.20. The summed E-state index contributed by atoms with van der Waals surface area (Å²) in [5.41, 5.74) is 14.1. The van der Waals surface area contributed by atoms with E-state index in [-0.39, 0.29) is 62.8 Å². The van der Waals surface area contributed by atoms with Gasteiger partial charge in [-0.3, -0.25) is 0 Å². The van der Waals surface area contributed by atoms with E-state index in [9.17, 15) is 0 Å². The average Bonchev–Trinajstić information content (AvgIpc) is 1.74. The molecule has 6 aromatic carbocycles. The van der Waals surface area contributed by atoms with Crippen molar-refractivity contribution in [3.8, 4) is 23.0 Å². The third-order valence-electron chi connectivity index (χ3n) is 16.6. The van der Waals surface area contributed by atoms with Crippen LogP contribution in [-0.4, -0.2) is 0 Å². The Balaban J connectivity index is 0.00000237. The molecule has 1 aliphatic heterocycles. The molecule has 3 heterocycles. The van der Waals surface area contributed by atoms with Crippen molar-refractivity contribution in [2.45, 2.75) is 243 Å². The summed E-state index contributed by atoms with van der Waals surface area (Å²) in [6.07, 6.45) is 0. The molecule has 1 radical (unpaired) electrons. The van der Waals surface area contributed by atoms with E-state index in [1.54, 1.807) is 0 Å². The molecule has 0 aliphatic carbocycles. The molecule has 8 aromatic rings.